The molecule has 0 unspecified atom stereocenters. The molecule has 0 aliphatic heterocycles. The number of fused-ring (bicyclic) bond motifs is 14. The van der Waals surface area contributed by atoms with Crippen LogP contribution < -0.4 is 0 Å². The molecule has 29 rings (SSSR count). The lowest BCUT2D eigenvalue weighted by Gasteiger charge is -2.23. The van der Waals surface area contributed by atoms with E-state index >= 15 is 0 Å². The zero-order valence-corrected chi connectivity index (χ0v) is 80.3. The summed E-state index contributed by atoms with van der Waals surface area (Å²) in [6.45, 7) is 0. The smallest absolute Gasteiger partial charge is 0.00139 e. The van der Waals surface area contributed by atoms with Gasteiger partial charge in [-0.25, -0.2) is 0 Å². The highest BCUT2D eigenvalue weighted by molar-refractivity contribution is 6.34. The van der Waals surface area contributed by atoms with E-state index < -0.39 is 0 Å². The van der Waals surface area contributed by atoms with E-state index in [9.17, 15) is 0 Å². The van der Waals surface area contributed by atoms with Gasteiger partial charge < -0.3 is 0 Å². The topological polar surface area (TPSA) is 0 Å². The van der Waals surface area contributed by atoms with Crippen molar-refractivity contribution < 1.29 is 0 Å². The second-order valence-corrected chi connectivity index (χ2v) is 38.3. The third kappa shape index (κ3) is 14.8. The van der Waals surface area contributed by atoms with E-state index in [1.165, 1.54) is 284 Å². The van der Waals surface area contributed by atoms with Crippen LogP contribution in [0.2, 0.25) is 0 Å². The average molecular weight is 1850 g/mol. The molecule has 678 valence electrons. The van der Waals surface area contributed by atoms with Gasteiger partial charge in [0.1, 0.15) is 0 Å². The molecule has 0 spiro atoms. The average Bonchev–Trinajstić information content (AvgIpc) is 0.707. The highest BCUT2D eigenvalue weighted by Crippen LogP contribution is 2.56. The molecule has 0 saturated carbocycles. The molecular weight excluding hydrogens is 1750 g/mol. The minimum atomic E-state index is 1.22. The van der Waals surface area contributed by atoms with Crippen molar-refractivity contribution in [3.05, 3.63) is 570 Å². The summed E-state index contributed by atoms with van der Waals surface area (Å²) < 4.78 is 0. The lowest BCUT2D eigenvalue weighted by atomic mass is 9.79. The Balaban J connectivity index is 0.000000109. The van der Waals surface area contributed by atoms with Crippen molar-refractivity contribution >= 4 is 151 Å². The third-order valence-electron chi connectivity index (χ3n) is 30.3. The van der Waals surface area contributed by atoms with Crippen molar-refractivity contribution in [2.24, 2.45) is 0 Å². The van der Waals surface area contributed by atoms with Crippen molar-refractivity contribution in [2.75, 3.05) is 0 Å². The molecule has 0 N–H and O–H groups in total. The van der Waals surface area contributed by atoms with E-state index in [4.69, 9.17) is 0 Å². The zero-order valence-electron chi connectivity index (χ0n) is 80.3. The van der Waals surface area contributed by atoms with Crippen molar-refractivity contribution in [3.63, 3.8) is 0 Å². The van der Waals surface area contributed by atoms with Crippen LogP contribution in [-0.2, 0) is 0 Å². The maximum absolute atomic E-state index is 2.35. The van der Waals surface area contributed by atoms with Gasteiger partial charge in [0.2, 0.25) is 0 Å². The molecule has 0 radical (unpaired) electrons. The van der Waals surface area contributed by atoms with Gasteiger partial charge in [0.25, 0.3) is 0 Å². The molecule has 0 aliphatic rings. The van der Waals surface area contributed by atoms with Crippen molar-refractivity contribution in [1.82, 2.24) is 0 Å². The largest absolute Gasteiger partial charge is 0.0622 e. The molecular formula is C146H94. The van der Waals surface area contributed by atoms with E-state index in [0.29, 0.717) is 0 Å². The van der Waals surface area contributed by atoms with Crippen LogP contribution in [0.1, 0.15) is 0 Å². The summed E-state index contributed by atoms with van der Waals surface area (Å²) in [5, 5.41) is 35.5. The molecule has 0 saturated heterocycles. The minimum Gasteiger partial charge on any atom is -0.0622 e. The van der Waals surface area contributed by atoms with E-state index in [1.54, 1.807) is 0 Å². The van der Waals surface area contributed by atoms with Crippen molar-refractivity contribution in [2.45, 2.75) is 0 Å². The Morgan fingerprint density at radius 3 is 0.418 bits per heavy atom. The van der Waals surface area contributed by atoms with Gasteiger partial charge in [-0.15, -0.1) is 0 Å². The fraction of sp³-hybridized carbons (Fsp3) is 0. The quantitative estimate of drug-likeness (QED) is 0.107. The van der Waals surface area contributed by atoms with Crippen LogP contribution in [0.3, 0.4) is 0 Å². The summed E-state index contributed by atoms with van der Waals surface area (Å²) in [5.41, 5.74) is 30.3. The van der Waals surface area contributed by atoms with E-state index in [1.807, 2.05) is 0 Å². The predicted molar refractivity (Wildman–Crippen MR) is 630 cm³/mol. The summed E-state index contributed by atoms with van der Waals surface area (Å²) in [7, 11) is 0. The summed E-state index contributed by atoms with van der Waals surface area (Å²) >= 11 is 0. The first-order chi connectivity index (χ1) is 72.6. The molecule has 0 amide bonds. The first-order valence-electron chi connectivity index (χ1n) is 50.7. The van der Waals surface area contributed by atoms with Crippen LogP contribution in [-0.4, -0.2) is 0 Å². The number of hydrogen-bond donors (Lipinski definition) is 0. The third-order valence-corrected chi connectivity index (χ3v) is 30.3. The molecule has 0 atom stereocenters. The molecule has 0 heteroatoms. The molecule has 0 bridgehead atoms. The molecule has 0 nitrogen and oxygen atoms in total. The lowest BCUT2D eigenvalue weighted by molar-refractivity contribution is 1.60. The second kappa shape index (κ2) is 36.9. The molecule has 29 aromatic carbocycles. The van der Waals surface area contributed by atoms with Crippen LogP contribution in [0.4, 0.5) is 0 Å². The molecule has 0 aliphatic carbocycles. The SMILES string of the molecule is c1ccc(-c2c3ccccc3c(-c3ccc(-c4c5ccccc5c(-c5ccccc5)c5ccccc45)cc3)c3ccccc23)cc1.c1ccc(-c2ccccc2-c2c3ccccc3c(-c3c4ccccc4c(-c4ccccc4-c4ccccc4)c4ccccc34)c3ccccc23)cc1.c1ccc2cc(-c3c4ccccc4c(-c4c5ccccc5c(-c5ccc6ccccc6c5)c5ccccc45)c4ccccc34)ccc2c1. The summed E-state index contributed by atoms with van der Waals surface area (Å²) in [6, 6.07) is 209. The Labute approximate surface area is 848 Å². The second-order valence-electron chi connectivity index (χ2n) is 38.3. The number of hydrogen-bond acceptors (Lipinski definition) is 0. The monoisotopic (exact) mass is 1850 g/mol. The minimum absolute atomic E-state index is 1.22. The molecule has 146 heavy (non-hydrogen) atoms. The van der Waals surface area contributed by atoms with Gasteiger partial charge >= 0.3 is 0 Å². The van der Waals surface area contributed by atoms with Crippen LogP contribution in [0.15, 0.2) is 570 Å². The lowest BCUT2D eigenvalue weighted by Crippen LogP contribution is -1.96. The van der Waals surface area contributed by atoms with Crippen LogP contribution >= 0.6 is 0 Å². The Morgan fingerprint density at radius 2 is 0.205 bits per heavy atom. The maximum atomic E-state index is 2.35. The van der Waals surface area contributed by atoms with E-state index in [-0.39, 0.29) is 0 Å². The Hall–Kier alpha value is -19.0. The normalized spacial score (nSPS) is 11.6. The van der Waals surface area contributed by atoms with Crippen molar-refractivity contribution in [3.8, 4) is 134 Å². The van der Waals surface area contributed by atoms with Crippen molar-refractivity contribution in [1.29, 1.82) is 0 Å². The van der Waals surface area contributed by atoms with Gasteiger partial charge in [0, 0.05) is 0 Å². The Bertz CT molecular complexity index is 9300. The maximum Gasteiger partial charge on any atom is -0.00139 e. The highest BCUT2D eigenvalue weighted by atomic mass is 14.3. The Kier molecular flexibility index (Phi) is 21.8. The number of rotatable bonds is 12. The summed E-state index contributed by atoms with van der Waals surface area (Å²) in [4.78, 5) is 0. The van der Waals surface area contributed by atoms with Gasteiger partial charge in [-0.05, 0) is 296 Å². The van der Waals surface area contributed by atoms with Gasteiger partial charge in [0.05, 0.1) is 0 Å². The fourth-order valence-electron chi connectivity index (χ4n) is 24.1. The molecule has 29 aromatic rings. The van der Waals surface area contributed by atoms with E-state index in [0.717, 1.165) is 0 Å². The number of benzene rings is 29. The standard InChI is InChI=1S/C52H34.C48H30.C46H30/c1-3-19-35(20-4-1)37-23-7-9-25-39(37)49-41-27-11-15-31-45(41)51(46-32-16-12-28-42(46)49)52-47-33-17-13-29-43(47)50(44-30-14-18-34-48(44)52)40-26-10-8-24-38(40)36-21-5-2-6-22-36;1-3-15-33-29-35(27-25-31(33)13-1)45-37-17-5-9-21-41(37)47(42-22-10-6-18-38(42)45)48-43-23-11-7-19-39(43)46(40-20-8-12-24-44(40)48)36-28-26-32-14-2-4-16-34(32)30-36;1-3-15-31(16-4-1)43-35-19-7-11-23-39(35)45(40-24-12-8-20-36(40)43)33-27-29-34(30-28-33)46-41-25-13-9-21-37(41)44(32-17-5-2-6-18-32)38-22-10-14-26-42(38)46/h1-34H;1-30H;1-30H. The molecule has 0 fully saturated rings. The predicted octanol–water partition coefficient (Wildman–Crippen LogP) is 41.2. The van der Waals surface area contributed by atoms with Gasteiger partial charge in [-0.2, -0.15) is 0 Å². The molecule has 0 aromatic heterocycles. The first kappa shape index (κ1) is 86.1. The van der Waals surface area contributed by atoms with Gasteiger partial charge in [-0.1, -0.05) is 558 Å². The summed E-state index contributed by atoms with van der Waals surface area (Å²) in [5.74, 6) is 0. The molecule has 0 heterocycles. The highest BCUT2D eigenvalue weighted by Gasteiger charge is 2.29. The van der Waals surface area contributed by atoms with E-state index in [2.05, 4.69) is 570 Å². The zero-order chi connectivity index (χ0) is 96.5. The van der Waals surface area contributed by atoms with Crippen LogP contribution in [0.25, 0.3) is 284 Å². The van der Waals surface area contributed by atoms with Gasteiger partial charge in [0.15, 0.2) is 0 Å². The van der Waals surface area contributed by atoms with Crippen LogP contribution in [0, 0.1) is 0 Å². The first-order valence-corrected chi connectivity index (χ1v) is 50.7. The van der Waals surface area contributed by atoms with Gasteiger partial charge in [-0.3, -0.25) is 0 Å². The fourth-order valence-corrected chi connectivity index (χ4v) is 24.1. The Morgan fingerprint density at radius 1 is 0.0685 bits per heavy atom. The summed E-state index contributed by atoms with van der Waals surface area (Å²) in [6.07, 6.45) is 0. The van der Waals surface area contributed by atoms with Crippen LogP contribution in [0.5, 0.6) is 0 Å².